The number of nitrogens with one attached hydrogen (secondary N) is 7. The van der Waals surface area contributed by atoms with Gasteiger partial charge in [0.05, 0.1) is 78.1 Å². The molecule has 5 amide bonds. The standard InChI is InChI=1S/C39H62N12O11/c40-12-16-60-18-20-62-22-21-61-19-17-59-15-11-33(52)43-13-5-4-10-32-38(58)47-28(9-6-14-44-39(41)42)36(56)45-25-34(53)46-30(24-35(54)55)37(57)48-29(31-26-51(32)50-49-31)23-27-7-2-1-3-8-27/h1-3,7-8,26,28-30,32H,4-6,9-25,40H2,(H,43,52)(H,45,56)(H,46,53)(H,47,58)(H,48,57)(H,54,55)(H4,41,42,44)/t28-,29-,30-,32-/m0/s1. The fraction of sp³-hybridized carbons (Fsp3) is 0.615. The first-order chi connectivity index (χ1) is 30.0. The minimum absolute atomic E-state index is 0.0855. The third-order valence-electron chi connectivity index (χ3n) is 9.26. The molecule has 0 unspecified atom stereocenters. The highest BCUT2D eigenvalue weighted by Crippen LogP contribution is 2.21. The second kappa shape index (κ2) is 29.5. The van der Waals surface area contributed by atoms with E-state index >= 15 is 0 Å². The average Bonchev–Trinajstić information content (AvgIpc) is 3.73. The fourth-order valence-corrected chi connectivity index (χ4v) is 6.11. The van der Waals surface area contributed by atoms with Gasteiger partial charge in [-0.2, -0.15) is 0 Å². The molecule has 344 valence electrons. The number of fused-ring (bicyclic) bond motifs is 2. The van der Waals surface area contributed by atoms with Crippen LogP contribution in [0.5, 0.6) is 0 Å². The van der Waals surface area contributed by atoms with Crippen molar-refractivity contribution in [2.75, 3.05) is 79.0 Å². The van der Waals surface area contributed by atoms with Crippen LogP contribution in [0.4, 0.5) is 0 Å². The van der Waals surface area contributed by atoms with E-state index in [0.717, 1.165) is 5.56 Å². The van der Waals surface area contributed by atoms with Crippen molar-refractivity contribution in [3.63, 3.8) is 0 Å². The summed E-state index contributed by atoms with van der Waals surface area (Å²) in [6.07, 6.45) is 2.63. The number of hydrogen-bond donors (Lipinski definition) is 10. The zero-order valence-electron chi connectivity index (χ0n) is 34.9. The zero-order chi connectivity index (χ0) is 45.0. The fourth-order valence-electron chi connectivity index (χ4n) is 6.11. The van der Waals surface area contributed by atoms with Crippen LogP contribution < -0.4 is 43.4 Å². The van der Waals surface area contributed by atoms with Gasteiger partial charge in [0.2, 0.25) is 29.5 Å². The summed E-state index contributed by atoms with van der Waals surface area (Å²) < 4.78 is 22.9. The van der Waals surface area contributed by atoms with E-state index in [1.165, 1.54) is 10.9 Å². The molecule has 12 N–H and O–H groups in total. The number of amides is 5. The van der Waals surface area contributed by atoms with Gasteiger partial charge >= 0.3 is 5.97 Å². The molecule has 4 atom stereocenters. The summed E-state index contributed by atoms with van der Waals surface area (Å²) in [5, 5.41) is 41.4. The lowest BCUT2D eigenvalue weighted by Gasteiger charge is -2.24. The molecule has 23 nitrogen and oxygen atoms in total. The summed E-state index contributed by atoms with van der Waals surface area (Å²) in [5.41, 5.74) is 11.8. The van der Waals surface area contributed by atoms with Crippen LogP contribution in [-0.4, -0.2) is 153 Å². The van der Waals surface area contributed by atoms with Crippen LogP contribution in [0, 0.1) is 5.41 Å². The van der Waals surface area contributed by atoms with Crippen molar-refractivity contribution < 1.29 is 52.8 Å². The number of carboxylic acids is 1. The Bertz CT molecular complexity index is 1700. The molecule has 3 rings (SSSR count). The van der Waals surface area contributed by atoms with Gasteiger partial charge in [0.1, 0.15) is 23.8 Å². The van der Waals surface area contributed by atoms with Crippen LogP contribution in [0.2, 0.25) is 0 Å². The molecular formula is C39H62N12O11. The average molecular weight is 875 g/mol. The highest BCUT2D eigenvalue weighted by molar-refractivity contribution is 5.94. The first kappa shape index (κ1) is 50.6. The van der Waals surface area contributed by atoms with Crippen LogP contribution in [0.15, 0.2) is 36.5 Å². The largest absolute Gasteiger partial charge is 0.481 e. The molecule has 2 bridgehead atoms. The highest BCUT2D eigenvalue weighted by atomic mass is 16.6. The Morgan fingerprint density at radius 1 is 0.790 bits per heavy atom. The molecule has 0 aliphatic carbocycles. The lowest BCUT2D eigenvalue weighted by Crippen LogP contribution is -2.53. The summed E-state index contributed by atoms with van der Waals surface area (Å²) in [4.78, 5) is 78.2. The van der Waals surface area contributed by atoms with Gasteiger partial charge < -0.3 is 67.4 Å². The number of benzene rings is 1. The van der Waals surface area contributed by atoms with Crippen molar-refractivity contribution in [3.05, 3.63) is 47.8 Å². The molecule has 1 aliphatic heterocycles. The van der Waals surface area contributed by atoms with E-state index in [4.69, 9.17) is 35.8 Å². The second-order valence-electron chi connectivity index (χ2n) is 14.2. The molecule has 2 heterocycles. The summed E-state index contributed by atoms with van der Waals surface area (Å²) in [7, 11) is 0. The third-order valence-corrected chi connectivity index (χ3v) is 9.26. The topological polar surface area (TPSA) is 338 Å². The lowest BCUT2D eigenvalue weighted by molar-refractivity contribution is -0.141. The van der Waals surface area contributed by atoms with Crippen molar-refractivity contribution in [1.29, 1.82) is 5.41 Å². The number of aliphatic carboxylic acids is 1. The van der Waals surface area contributed by atoms with E-state index in [1.807, 2.05) is 30.3 Å². The van der Waals surface area contributed by atoms with Gasteiger partial charge in [0.25, 0.3) is 0 Å². The molecule has 23 heteroatoms. The number of ether oxygens (including phenoxy) is 4. The van der Waals surface area contributed by atoms with Gasteiger partial charge in [-0.15, -0.1) is 5.10 Å². The molecule has 1 aliphatic rings. The molecule has 1 aromatic carbocycles. The van der Waals surface area contributed by atoms with E-state index in [9.17, 15) is 33.9 Å². The van der Waals surface area contributed by atoms with Gasteiger partial charge in [-0.05, 0) is 44.1 Å². The maximum atomic E-state index is 14.1. The Morgan fingerprint density at radius 3 is 2.10 bits per heavy atom. The molecule has 0 fully saturated rings. The normalized spacial score (nSPS) is 18.5. The first-order valence-electron chi connectivity index (χ1n) is 20.7. The van der Waals surface area contributed by atoms with Crippen LogP contribution in [0.3, 0.4) is 0 Å². The van der Waals surface area contributed by atoms with E-state index < -0.39 is 66.7 Å². The predicted molar refractivity (Wildman–Crippen MR) is 222 cm³/mol. The van der Waals surface area contributed by atoms with Crippen molar-refractivity contribution >= 4 is 41.5 Å². The van der Waals surface area contributed by atoms with Crippen LogP contribution in [0.1, 0.15) is 68.3 Å². The quantitative estimate of drug-likeness (QED) is 0.0258. The molecule has 2 aromatic rings. The van der Waals surface area contributed by atoms with E-state index in [2.05, 4.69) is 42.2 Å². The zero-order valence-corrected chi connectivity index (χ0v) is 34.9. The molecule has 0 saturated heterocycles. The number of nitrogens with two attached hydrogens (primary N) is 2. The number of unbranched alkanes of at least 4 members (excludes halogenated alkanes) is 1. The van der Waals surface area contributed by atoms with Crippen molar-refractivity contribution in [3.8, 4) is 0 Å². The molecule has 0 saturated carbocycles. The van der Waals surface area contributed by atoms with Gasteiger partial charge in [-0.25, -0.2) is 4.68 Å². The lowest BCUT2D eigenvalue weighted by atomic mass is 10.0. The number of nitrogens with zero attached hydrogens (tertiary/aromatic N) is 3. The van der Waals surface area contributed by atoms with Crippen molar-refractivity contribution in [1.82, 2.24) is 46.9 Å². The van der Waals surface area contributed by atoms with Crippen LogP contribution in [0.25, 0.3) is 0 Å². The predicted octanol–water partition coefficient (Wildman–Crippen LogP) is -2.24. The first-order valence-corrected chi connectivity index (χ1v) is 20.7. The third kappa shape index (κ3) is 20.7. The molecule has 62 heavy (non-hydrogen) atoms. The summed E-state index contributed by atoms with van der Waals surface area (Å²) in [5.74, 6) is -4.75. The summed E-state index contributed by atoms with van der Waals surface area (Å²) >= 11 is 0. The van der Waals surface area contributed by atoms with Gasteiger partial charge in [-0.3, -0.25) is 34.2 Å². The second-order valence-corrected chi connectivity index (χ2v) is 14.2. The number of rotatable bonds is 27. The summed E-state index contributed by atoms with van der Waals surface area (Å²) in [6.45, 7) is 3.50. The van der Waals surface area contributed by atoms with Gasteiger partial charge in [0.15, 0.2) is 5.96 Å². The number of hydrogen-bond acceptors (Lipinski definition) is 14. The van der Waals surface area contributed by atoms with Gasteiger partial charge in [-0.1, -0.05) is 35.5 Å². The van der Waals surface area contributed by atoms with E-state index in [0.29, 0.717) is 78.6 Å². The Labute approximate surface area is 359 Å². The molecule has 0 spiro atoms. The number of guanidine groups is 1. The van der Waals surface area contributed by atoms with E-state index in [1.54, 1.807) is 0 Å². The maximum Gasteiger partial charge on any atom is 0.305 e. The molecular weight excluding hydrogens is 813 g/mol. The highest BCUT2D eigenvalue weighted by Gasteiger charge is 2.32. The summed E-state index contributed by atoms with van der Waals surface area (Å²) in [6, 6.07) is 4.63. The van der Waals surface area contributed by atoms with Crippen LogP contribution >= 0.6 is 0 Å². The van der Waals surface area contributed by atoms with Crippen molar-refractivity contribution in [2.24, 2.45) is 11.5 Å². The Hall–Kier alpha value is -5.75. The molecule has 1 aromatic heterocycles. The Balaban J connectivity index is 1.67. The SMILES string of the molecule is N=C(N)NCCC[C@@H]1NC(=O)[C@H](CCCCNC(=O)CCOCCOCCOCCOCCN)n2cc(nn2)[C@H](Cc2ccccc2)NC(=O)[C@H](CC(=O)O)NC(=O)CNC1=O. The smallest absolute Gasteiger partial charge is 0.305 e. The van der Waals surface area contributed by atoms with Crippen molar-refractivity contribution in [2.45, 2.75) is 75.5 Å². The minimum atomic E-state index is -1.50. The number of aromatic nitrogens is 3. The van der Waals surface area contributed by atoms with E-state index in [-0.39, 0.29) is 56.4 Å². The Morgan fingerprint density at radius 2 is 1.44 bits per heavy atom. The maximum absolute atomic E-state index is 14.1. The number of carbonyl (C=O) groups excluding carboxylic acids is 5. The number of carbonyl (C=O) groups is 6. The Kier molecular flexibility index (Phi) is 24.1. The monoisotopic (exact) mass is 874 g/mol. The van der Waals surface area contributed by atoms with Crippen LogP contribution in [-0.2, 0) is 54.1 Å². The minimum Gasteiger partial charge on any atom is -0.481 e. The molecule has 0 radical (unpaired) electrons. The number of carboxylic acid groups (broad SMARTS) is 1. The van der Waals surface area contributed by atoms with Gasteiger partial charge in [0, 0.05) is 26.1 Å².